The molecule has 2 fully saturated rings. The van der Waals surface area contributed by atoms with Gasteiger partial charge in [0.2, 0.25) is 0 Å². The van der Waals surface area contributed by atoms with E-state index in [9.17, 15) is 5.11 Å². The molecule has 144 valence electrons. The van der Waals surface area contributed by atoms with Gasteiger partial charge in [-0.05, 0) is 38.0 Å². The normalized spacial score (nSPS) is 29.9. The number of hydrogen-bond donors (Lipinski definition) is 3. The number of benzene rings is 1. The zero-order valence-electron chi connectivity index (χ0n) is 15.9. The third-order valence-corrected chi connectivity index (χ3v) is 6.47. The van der Waals surface area contributed by atoms with Crippen molar-refractivity contribution >= 4 is 17.7 Å². The number of likely N-dealkylation sites (tertiary alicyclic amines) is 1. The maximum Gasteiger partial charge on any atom is 0.191 e. The summed E-state index contributed by atoms with van der Waals surface area (Å²) in [4.78, 5) is 7.20. The third kappa shape index (κ3) is 5.38. The molecule has 0 radical (unpaired) electrons. The van der Waals surface area contributed by atoms with Gasteiger partial charge in [-0.1, -0.05) is 30.3 Å². The second-order valence-electron chi connectivity index (χ2n) is 7.56. The second kappa shape index (κ2) is 9.11. The van der Waals surface area contributed by atoms with Crippen LogP contribution in [0.15, 0.2) is 35.3 Å². The minimum atomic E-state index is -0.630. The Bertz CT molecular complexity index is 589. The lowest BCUT2D eigenvalue weighted by Crippen LogP contribution is -2.45. The lowest BCUT2D eigenvalue weighted by Gasteiger charge is -2.22. The summed E-state index contributed by atoms with van der Waals surface area (Å²) in [5, 5.41) is 17.4. The first kappa shape index (κ1) is 19.5. The summed E-state index contributed by atoms with van der Waals surface area (Å²) >= 11 is 1.81. The summed E-state index contributed by atoms with van der Waals surface area (Å²) in [7, 11) is 0. The highest BCUT2D eigenvalue weighted by molar-refractivity contribution is 7.99. The van der Waals surface area contributed by atoms with E-state index in [1.807, 2.05) is 11.8 Å². The van der Waals surface area contributed by atoms with Gasteiger partial charge in [-0.3, -0.25) is 9.89 Å². The zero-order chi connectivity index (χ0) is 18.4. The Morgan fingerprint density at radius 2 is 2.19 bits per heavy atom. The van der Waals surface area contributed by atoms with Crippen LogP contribution in [-0.2, 0) is 6.54 Å². The van der Waals surface area contributed by atoms with Gasteiger partial charge in [0.25, 0.3) is 0 Å². The summed E-state index contributed by atoms with van der Waals surface area (Å²) in [5.41, 5.74) is 0.733. The molecule has 0 spiro atoms. The molecular formula is C20H32N4OS. The molecule has 2 heterocycles. The van der Waals surface area contributed by atoms with Crippen LogP contribution in [0.3, 0.4) is 0 Å². The molecule has 26 heavy (non-hydrogen) atoms. The van der Waals surface area contributed by atoms with Gasteiger partial charge in [-0.2, -0.15) is 11.8 Å². The minimum absolute atomic E-state index is 0.388. The van der Waals surface area contributed by atoms with Crippen LogP contribution < -0.4 is 10.6 Å². The van der Waals surface area contributed by atoms with E-state index in [2.05, 4.69) is 64.7 Å². The van der Waals surface area contributed by atoms with Crippen LogP contribution >= 0.6 is 11.8 Å². The van der Waals surface area contributed by atoms with Gasteiger partial charge in [0.15, 0.2) is 5.96 Å². The van der Waals surface area contributed by atoms with E-state index in [1.165, 1.54) is 5.56 Å². The average molecular weight is 377 g/mol. The molecular weight excluding hydrogens is 344 g/mol. The lowest BCUT2D eigenvalue weighted by molar-refractivity contribution is 0.0778. The van der Waals surface area contributed by atoms with Crippen LogP contribution in [0.2, 0.25) is 0 Å². The van der Waals surface area contributed by atoms with E-state index in [-0.39, 0.29) is 0 Å². The minimum Gasteiger partial charge on any atom is -0.387 e. The van der Waals surface area contributed by atoms with Crippen molar-refractivity contribution in [2.75, 3.05) is 31.1 Å². The number of aliphatic hydroxyl groups is 1. The molecule has 3 unspecified atom stereocenters. The molecule has 2 saturated heterocycles. The van der Waals surface area contributed by atoms with Crippen LogP contribution in [0.4, 0.5) is 0 Å². The summed E-state index contributed by atoms with van der Waals surface area (Å²) in [6.07, 6.45) is 1.95. The van der Waals surface area contributed by atoms with E-state index < -0.39 is 5.60 Å². The summed E-state index contributed by atoms with van der Waals surface area (Å²) < 4.78 is 0. The largest absolute Gasteiger partial charge is 0.387 e. The van der Waals surface area contributed by atoms with Gasteiger partial charge in [-0.25, -0.2) is 0 Å². The molecule has 2 aliphatic rings. The van der Waals surface area contributed by atoms with Crippen molar-refractivity contribution in [2.45, 2.75) is 50.9 Å². The molecule has 0 bridgehead atoms. The van der Waals surface area contributed by atoms with Crippen LogP contribution in [0.1, 0.15) is 32.3 Å². The van der Waals surface area contributed by atoms with Crippen molar-refractivity contribution in [1.82, 2.24) is 15.5 Å². The molecule has 0 amide bonds. The number of aliphatic imine (C=N–C) groups is 1. The number of rotatable bonds is 6. The third-order valence-electron chi connectivity index (χ3n) is 5.23. The molecule has 5 nitrogen and oxygen atoms in total. The van der Waals surface area contributed by atoms with Crippen molar-refractivity contribution in [3.05, 3.63) is 35.9 Å². The summed E-state index contributed by atoms with van der Waals surface area (Å²) in [5.74, 6) is 2.66. The lowest BCUT2D eigenvalue weighted by atomic mass is 10.0. The van der Waals surface area contributed by atoms with Gasteiger partial charge in [0, 0.05) is 37.5 Å². The maximum absolute atomic E-state index is 10.5. The van der Waals surface area contributed by atoms with E-state index >= 15 is 0 Å². The monoisotopic (exact) mass is 376 g/mol. The fourth-order valence-corrected chi connectivity index (χ4v) is 4.99. The predicted octanol–water partition coefficient (Wildman–Crippen LogP) is 2.07. The highest BCUT2D eigenvalue weighted by Crippen LogP contribution is 2.28. The SMILES string of the molecule is CCNC(=NCC1(O)CCSC1)NC1CC(C)N(Cc2ccccc2)C1. The van der Waals surface area contributed by atoms with E-state index in [0.717, 1.165) is 49.9 Å². The Balaban J connectivity index is 1.55. The topological polar surface area (TPSA) is 59.9 Å². The smallest absolute Gasteiger partial charge is 0.191 e. The zero-order valence-corrected chi connectivity index (χ0v) is 16.8. The van der Waals surface area contributed by atoms with Crippen molar-refractivity contribution < 1.29 is 5.11 Å². The van der Waals surface area contributed by atoms with Gasteiger partial charge < -0.3 is 15.7 Å². The average Bonchev–Trinajstić information content (AvgIpc) is 3.21. The van der Waals surface area contributed by atoms with Gasteiger partial charge in [-0.15, -0.1) is 0 Å². The fourth-order valence-electron chi connectivity index (χ4n) is 3.70. The highest BCUT2D eigenvalue weighted by Gasteiger charge is 2.32. The molecule has 1 aromatic rings. The number of nitrogens with one attached hydrogen (secondary N) is 2. The predicted molar refractivity (Wildman–Crippen MR) is 111 cm³/mol. The molecule has 0 aliphatic carbocycles. The van der Waals surface area contributed by atoms with Crippen molar-refractivity contribution in [3.8, 4) is 0 Å². The number of guanidine groups is 1. The second-order valence-corrected chi connectivity index (χ2v) is 8.67. The molecule has 2 aliphatic heterocycles. The Morgan fingerprint density at radius 1 is 1.38 bits per heavy atom. The van der Waals surface area contributed by atoms with Crippen molar-refractivity contribution in [1.29, 1.82) is 0 Å². The quantitative estimate of drug-likeness (QED) is 0.524. The standard InChI is InChI=1S/C20H32N4OS/c1-3-21-19(22-14-20(25)9-10-26-15-20)23-18-11-16(2)24(13-18)12-17-7-5-4-6-8-17/h4-8,16,18,25H,3,9-15H2,1-2H3,(H2,21,22,23). The molecule has 1 aromatic carbocycles. The summed E-state index contributed by atoms with van der Waals surface area (Å²) in [6.45, 7) is 7.69. The molecule has 0 aromatic heterocycles. The van der Waals surface area contributed by atoms with E-state index in [1.54, 1.807) is 0 Å². The van der Waals surface area contributed by atoms with Crippen LogP contribution in [-0.4, -0.2) is 64.8 Å². The maximum atomic E-state index is 10.5. The summed E-state index contributed by atoms with van der Waals surface area (Å²) in [6, 6.07) is 11.6. The Kier molecular flexibility index (Phi) is 6.84. The first-order chi connectivity index (χ1) is 12.6. The van der Waals surface area contributed by atoms with Crippen LogP contribution in [0.25, 0.3) is 0 Å². The van der Waals surface area contributed by atoms with Gasteiger partial charge in [0.1, 0.15) is 0 Å². The Hall–Kier alpha value is -1.24. The van der Waals surface area contributed by atoms with Crippen molar-refractivity contribution in [2.24, 2.45) is 4.99 Å². The first-order valence-electron chi connectivity index (χ1n) is 9.71. The Morgan fingerprint density at radius 3 is 2.88 bits per heavy atom. The number of thioether (sulfide) groups is 1. The van der Waals surface area contributed by atoms with Gasteiger partial charge in [0.05, 0.1) is 12.1 Å². The van der Waals surface area contributed by atoms with Crippen LogP contribution in [0.5, 0.6) is 0 Å². The number of nitrogens with zero attached hydrogens (tertiary/aromatic N) is 2. The highest BCUT2D eigenvalue weighted by atomic mass is 32.2. The molecule has 3 N–H and O–H groups in total. The van der Waals surface area contributed by atoms with E-state index in [4.69, 9.17) is 0 Å². The molecule has 3 atom stereocenters. The number of hydrogen-bond acceptors (Lipinski definition) is 4. The van der Waals surface area contributed by atoms with E-state index in [0.29, 0.717) is 18.6 Å². The molecule has 3 rings (SSSR count). The molecule has 6 heteroatoms. The fraction of sp³-hybridized carbons (Fsp3) is 0.650. The first-order valence-corrected chi connectivity index (χ1v) is 10.9. The van der Waals surface area contributed by atoms with Crippen molar-refractivity contribution in [3.63, 3.8) is 0 Å². The molecule has 0 saturated carbocycles. The Labute approximate surface area is 161 Å². The van der Waals surface area contributed by atoms with Crippen LogP contribution in [0, 0.1) is 0 Å². The van der Waals surface area contributed by atoms with Gasteiger partial charge >= 0.3 is 0 Å².